The Kier molecular flexibility index (Phi) is 2.56. The van der Waals surface area contributed by atoms with Gasteiger partial charge in [-0.3, -0.25) is 4.68 Å². The summed E-state index contributed by atoms with van der Waals surface area (Å²) in [7, 11) is 4.06. The standard InChI is InChI=1S/C10H19N5/c1-8-6-15(5-4-13(8)2)10-9(11)7-14(3)12-10/h7-8H,4-6,11H2,1-3H3. The minimum absolute atomic E-state index is 0.556. The highest BCUT2D eigenvalue weighted by atomic mass is 15.4. The van der Waals surface area contributed by atoms with Gasteiger partial charge in [0.25, 0.3) is 0 Å². The molecule has 0 aromatic carbocycles. The normalized spacial score (nSPS) is 23.4. The molecule has 1 atom stereocenters. The van der Waals surface area contributed by atoms with Crippen LogP contribution in [0.15, 0.2) is 6.20 Å². The minimum atomic E-state index is 0.556. The van der Waals surface area contributed by atoms with Crippen LogP contribution in [0.4, 0.5) is 11.5 Å². The number of piperazine rings is 1. The zero-order valence-electron chi connectivity index (χ0n) is 9.64. The van der Waals surface area contributed by atoms with Gasteiger partial charge < -0.3 is 15.5 Å². The Labute approximate surface area is 90.4 Å². The summed E-state index contributed by atoms with van der Waals surface area (Å²) < 4.78 is 1.77. The zero-order valence-corrected chi connectivity index (χ0v) is 9.64. The van der Waals surface area contributed by atoms with E-state index in [0.29, 0.717) is 6.04 Å². The van der Waals surface area contributed by atoms with Crippen molar-refractivity contribution >= 4 is 11.5 Å². The number of likely N-dealkylation sites (N-methyl/N-ethyl adjacent to an activating group) is 1. The van der Waals surface area contributed by atoms with Crippen molar-refractivity contribution in [3.63, 3.8) is 0 Å². The predicted octanol–water partition coefficient (Wildman–Crippen LogP) is 0.143. The molecule has 1 aromatic heterocycles. The van der Waals surface area contributed by atoms with Gasteiger partial charge in [0.05, 0.1) is 5.69 Å². The Morgan fingerprint density at radius 1 is 1.40 bits per heavy atom. The van der Waals surface area contributed by atoms with Crippen molar-refractivity contribution in [3.8, 4) is 0 Å². The van der Waals surface area contributed by atoms with Crippen molar-refractivity contribution in [3.05, 3.63) is 6.20 Å². The van der Waals surface area contributed by atoms with Gasteiger partial charge >= 0.3 is 0 Å². The summed E-state index contributed by atoms with van der Waals surface area (Å²) in [6.07, 6.45) is 1.86. The molecule has 2 N–H and O–H groups in total. The number of aryl methyl sites for hydroxylation is 1. The first-order valence-electron chi connectivity index (χ1n) is 5.32. The number of hydrogen-bond acceptors (Lipinski definition) is 4. The largest absolute Gasteiger partial charge is 0.394 e. The van der Waals surface area contributed by atoms with Crippen LogP contribution < -0.4 is 10.6 Å². The topological polar surface area (TPSA) is 50.3 Å². The van der Waals surface area contributed by atoms with Crippen molar-refractivity contribution < 1.29 is 0 Å². The molecule has 0 radical (unpaired) electrons. The summed E-state index contributed by atoms with van der Waals surface area (Å²) in [4.78, 5) is 4.62. The summed E-state index contributed by atoms with van der Waals surface area (Å²) in [5, 5.41) is 4.39. The minimum Gasteiger partial charge on any atom is -0.394 e. The average molecular weight is 209 g/mol. The average Bonchev–Trinajstić information content (AvgIpc) is 2.50. The molecule has 1 saturated heterocycles. The van der Waals surface area contributed by atoms with Gasteiger partial charge in [0.2, 0.25) is 0 Å². The third-order valence-corrected chi connectivity index (χ3v) is 3.10. The highest BCUT2D eigenvalue weighted by molar-refractivity contribution is 5.62. The van der Waals surface area contributed by atoms with Crippen molar-refractivity contribution in [2.24, 2.45) is 7.05 Å². The number of nitrogens with two attached hydrogens (primary N) is 1. The molecular weight excluding hydrogens is 190 g/mol. The molecule has 2 rings (SSSR count). The molecule has 5 nitrogen and oxygen atoms in total. The Morgan fingerprint density at radius 2 is 2.13 bits per heavy atom. The molecule has 15 heavy (non-hydrogen) atoms. The molecular formula is C10H19N5. The summed E-state index contributed by atoms with van der Waals surface area (Å²) >= 11 is 0. The van der Waals surface area contributed by atoms with Crippen LogP contribution in [0.2, 0.25) is 0 Å². The van der Waals surface area contributed by atoms with Crippen LogP contribution in [0.25, 0.3) is 0 Å². The van der Waals surface area contributed by atoms with Gasteiger partial charge in [-0.25, -0.2) is 0 Å². The summed E-state index contributed by atoms with van der Waals surface area (Å²) in [6.45, 7) is 5.29. The molecule has 1 aliphatic rings. The second-order valence-electron chi connectivity index (χ2n) is 4.36. The van der Waals surface area contributed by atoms with Crippen molar-refractivity contribution in [1.29, 1.82) is 0 Å². The third-order valence-electron chi connectivity index (χ3n) is 3.10. The van der Waals surface area contributed by atoms with E-state index in [1.54, 1.807) is 4.68 Å². The van der Waals surface area contributed by atoms with Crippen molar-refractivity contribution in [1.82, 2.24) is 14.7 Å². The van der Waals surface area contributed by atoms with E-state index in [1.807, 2.05) is 13.2 Å². The van der Waals surface area contributed by atoms with Crippen LogP contribution in [0.5, 0.6) is 0 Å². The van der Waals surface area contributed by atoms with Gasteiger partial charge in [-0.1, -0.05) is 0 Å². The van der Waals surface area contributed by atoms with E-state index in [0.717, 1.165) is 31.1 Å². The second kappa shape index (κ2) is 3.73. The number of rotatable bonds is 1. The Balaban J connectivity index is 2.15. The molecule has 0 saturated carbocycles. The summed E-state index contributed by atoms with van der Waals surface area (Å²) in [5.41, 5.74) is 6.69. The summed E-state index contributed by atoms with van der Waals surface area (Å²) in [6, 6.07) is 0.556. The fourth-order valence-corrected chi connectivity index (χ4v) is 1.98. The van der Waals surface area contributed by atoms with Crippen LogP contribution >= 0.6 is 0 Å². The number of anilines is 2. The SMILES string of the molecule is CC1CN(c2nn(C)cc2N)CCN1C. The smallest absolute Gasteiger partial charge is 0.173 e. The van der Waals surface area contributed by atoms with Crippen molar-refractivity contribution in [2.75, 3.05) is 37.3 Å². The Morgan fingerprint density at radius 3 is 2.67 bits per heavy atom. The molecule has 2 heterocycles. The molecule has 0 amide bonds. The molecule has 84 valence electrons. The molecule has 0 bridgehead atoms. The highest BCUT2D eigenvalue weighted by Gasteiger charge is 2.23. The van der Waals surface area contributed by atoms with Gasteiger partial charge in [-0.15, -0.1) is 0 Å². The maximum Gasteiger partial charge on any atom is 0.173 e. The van der Waals surface area contributed by atoms with Gasteiger partial charge in [0.15, 0.2) is 5.82 Å². The van der Waals surface area contributed by atoms with Gasteiger partial charge in [-0.2, -0.15) is 5.10 Å². The van der Waals surface area contributed by atoms with Gasteiger partial charge in [0, 0.05) is 38.9 Å². The lowest BCUT2D eigenvalue weighted by Gasteiger charge is -2.37. The number of nitrogens with zero attached hydrogens (tertiary/aromatic N) is 4. The van der Waals surface area contributed by atoms with E-state index in [1.165, 1.54) is 0 Å². The first-order chi connectivity index (χ1) is 7.08. The van der Waals surface area contributed by atoms with Gasteiger partial charge in [-0.05, 0) is 14.0 Å². The van der Waals surface area contributed by atoms with Crippen molar-refractivity contribution in [2.45, 2.75) is 13.0 Å². The van der Waals surface area contributed by atoms with E-state index < -0.39 is 0 Å². The summed E-state index contributed by atoms with van der Waals surface area (Å²) in [5.74, 6) is 0.928. The maximum absolute atomic E-state index is 5.91. The lowest BCUT2D eigenvalue weighted by Crippen LogP contribution is -2.50. The van der Waals surface area contributed by atoms with E-state index in [2.05, 4.69) is 28.9 Å². The monoisotopic (exact) mass is 209 g/mol. The molecule has 1 aromatic rings. The van der Waals surface area contributed by atoms with Gasteiger partial charge in [0.1, 0.15) is 0 Å². The van der Waals surface area contributed by atoms with E-state index in [9.17, 15) is 0 Å². The van der Waals surface area contributed by atoms with Crippen LogP contribution in [-0.2, 0) is 7.05 Å². The first kappa shape index (κ1) is 10.3. The number of nitrogen functional groups attached to an aromatic ring is 1. The Bertz CT molecular complexity index is 346. The molecule has 0 aliphatic carbocycles. The highest BCUT2D eigenvalue weighted by Crippen LogP contribution is 2.22. The fraction of sp³-hybridized carbons (Fsp3) is 0.700. The number of hydrogen-bond donors (Lipinski definition) is 1. The lowest BCUT2D eigenvalue weighted by atomic mass is 10.2. The third kappa shape index (κ3) is 1.92. The molecule has 5 heteroatoms. The van der Waals surface area contributed by atoms with Crippen LogP contribution in [0, 0.1) is 0 Å². The molecule has 1 fully saturated rings. The molecule has 0 spiro atoms. The maximum atomic E-state index is 5.91. The van der Waals surface area contributed by atoms with E-state index in [4.69, 9.17) is 5.73 Å². The fourth-order valence-electron chi connectivity index (χ4n) is 1.98. The lowest BCUT2D eigenvalue weighted by molar-refractivity contribution is 0.233. The van der Waals surface area contributed by atoms with E-state index >= 15 is 0 Å². The molecule has 1 unspecified atom stereocenters. The van der Waals surface area contributed by atoms with Crippen LogP contribution in [0.1, 0.15) is 6.92 Å². The number of aromatic nitrogens is 2. The zero-order chi connectivity index (χ0) is 11.0. The quantitative estimate of drug-likeness (QED) is 0.715. The van der Waals surface area contributed by atoms with Crippen LogP contribution in [-0.4, -0.2) is 47.4 Å². The molecule has 1 aliphatic heterocycles. The van der Waals surface area contributed by atoms with E-state index in [-0.39, 0.29) is 0 Å². The Hall–Kier alpha value is -1.23. The first-order valence-corrected chi connectivity index (χ1v) is 5.32. The second-order valence-corrected chi connectivity index (χ2v) is 4.36. The predicted molar refractivity (Wildman–Crippen MR) is 61.9 cm³/mol. The van der Waals surface area contributed by atoms with Crippen LogP contribution in [0.3, 0.4) is 0 Å².